The van der Waals surface area contributed by atoms with Crippen molar-refractivity contribution in [3.8, 4) is 0 Å². The van der Waals surface area contributed by atoms with Crippen LogP contribution in [0.5, 0.6) is 0 Å². The van der Waals surface area contributed by atoms with E-state index in [9.17, 15) is 13.2 Å². The highest BCUT2D eigenvalue weighted by molar-refractivity contribution is 7.89. The van der Waals surface area contributed by atoms with Gasteiger partial charge >= 0.3 is 0 Å². The summed E-state index contributed by atoms with van der Waals surface area (Å²) in [6.07, 6.45) is 1.07. The van der Waals surface area contributed by atoms with Crippen molar-refractivity contribution in [2.45, 2.75) is 31.6 Å². The lowest BCUT2D eigenvalue weighted by atomic mass is 9.89. The average molecular weight is 392 g/mol. The molecule has 0 amide bonds. The molecular formula is C20H22ClNO3S. The van der Waals surface area contributed by atoms with Crippen LogP contribution in [0.15, 0.2) is 47.4 Å². The van der Waals surface area contributed by atoms with Gasteiger partial charge in [-0.15, -0.1) is 0 Å². The zero-order valence-electron chi connectivity index (χ0n) is 14.9. The molecule has 138 valence electrons. The van der Waals surface area contributed by atoms with Crippen molar-refractivity contribution in [3.05, 3.63) is 64.2 Å². The summed E-state index contributed by atoms with van der Waals surface area (Å²) >= 11 is 6.07. The quantitative estimate of drug-likeness (QED) is 0.732. The van der Waals surface area contributed by atoms with E-state index in [1.165, 1.54) is 4.31 Å². The summed E-state index contributed by atoms with van der Waals surface area (Å²) in [6, 6.07) is 12.5. The fraction of sp³-hybridized carbons (Fsp3) is 0.350. The van der Waals surface area contributed by atoms with Gasteiger partial charge in [-0.25, -0.2) is 8.42 Å². The summed E-state index contributed by atoms with van der Waals surface area (Å²) < 4.78 is 27.3. The van der Waals surface area contributed by atoms with E-state index in [0.29, 0.717) is 42.1 Å². The van der Waals surface area contributed by atoms with Crippen LogP contribution in [0.4, 0.5) is 0 Å². The molecule has 1 heterocycles. The number of carbonyl (C=O) groups is 1. The molecule has 0 N–H and O–H groups in total. The standard InChI is InChI=1S/C20H22ClNO3S/c1-14-6-8-16(9-7-14)20(23)17-10-12-22(13-11-17)26(24,25)19-5-3-4-18(21)15(19)2/h3-9,17H,10-13H2,1-2H3. The van der Waals surface area contributed by atoms with Gasteiger partial charge in [0.1, 0.15) is 0 Å². The number of aryl methyl sites for hydroxylation is 1. The van der Waals surface area contributed by atoms with Crippen LogP contribution in [-0.2, 0) is 10.0 Å². The number of hydrogen-bond acceptors (Lipinski definition) is 3. The molecule has 1 aliphatic rings. The molecule has 0 aliphatic carbocycles. The van der Waals surface area contributed by atoms with Crippen LogP contribution < -0.4 is 0 Å². The highest BCUT2D eigenvalue weighted by Gasteiger charge is 2.33. The Balaban J connectivity index is 1.72. The minimum atomic E-state index is -3.60. The third kappa shape index (κ3) is 3.70. The van der Waals surface area contributed by atoms with Gasteiger partial charge in [-0.05, 0) is 44.4 Å². The van der Waals surface area contributed by atoms with Gasteiger partial charge in [0.15, 0.2) is 5.78 Å². The van der Waals surface area contributed by atoms with Gasteiger partial charge < -0.3 is 0 Å². The molecule has 4 nitrogen and oxygen atoms in total. The number of Topliss-reactive ketones (excluding diaryl/α,β-unsaturated/α-hetero) is 1. The van der Waals surface area contributed by atoms with E-state index in [2.05, 4.69) is 0 Å². The van der Waals surface area contributed by atoms with Crippen LogP contribution in [0.1, 0.15) is 34.3 Å². The largest absolute Gasteiger partial charge is 0.294 e. The Morgan fingerprint density at radius 2 is 1.65 bits per heavy atom. The van der Waals surface area contributed by atoms with Crippen LogP contribution in [0.3, 0.4) is 0 Å². The van der Waals surface area contributed by atoms with Crippen molar-refractivity contribution in [1.82, 2.24) is 4.31 Å². The summed E-state index contributed by atoms with van der Waals surface area (Å²) in [7, 11) is -3.60. The maximum atomic E-state index is 12.9. The lowest BCUT2D eigenvalue weighted by Gasteiger charge is -2.31. The van der Waals surface area contributed by atoms with Crippen molar-refractivity contribution >= 4 is 27.4 Å². The Morgan fingerprint density at radius 3 is 2.27 bits per heavy atom. The van der Waals surface area contributed by atoms with Crippen molar-refractivity contribution < 1.29 is 13.2 Å². The highest BCUT2D eigenvalue weighted by atomic mass is 35.5. The molecule has 0 unspecified atom stereocenters. The predicted molar refractivity (Wildman–Crippen MR) is 103 cm³/mol. The van der Waals surface area contributed by atoms with Crippen molar-refractivity contribution in [3.63, 3.8) is 0 Å². The predicted octanol–water partition coefficient (Wildman–Crippen LogP) is 4.24. The smallest absolute Gasteiger partial charge is 0.243 e. The number of halogens is 1. The lowest BCUT2D eigenvalue weighted by molar-refractivity contribution is 0.0875. The minimum absolute atomic E-state index is 0.0981. The zero-order valence-corrected chi connectivity index (χ0v) is 16.5. The molecule has 0 aromatic heterocycles. The maximum Gasteiger partial charge on any atom is 0.243 e. The Labute approximate surface area is 159 Å². The number of sulfonamides is 1. The number of rotatable bonds is 4. The second-order valence-corrected chi connectivity index (χ2v) is 9.09. The molecule has 2 aromatic carbocycles. The first-order valence-corrected chi connectivity index (χ1v) is 10.5. The molecule has 1 aliphatic heterocycles. The van der Waals surface area contributed by atoms with E-state index < -0.39 is 10.0 Å². The van der Waals surface area contributed by atoms with Gasteiger partial charge in [0.25, 0.3) is 0 Å². The van der Waals surface area contributed by atoms with Gasteiger partial charge in [0.2, 0.25) is 10.0 Å². The minimum Gasteiger partial charge on any atom is -0.294 e. The highest BCUT2D eigenvalue weighted by Crippen LogP contribution is 2.29. The Hall–Kier alpha value is -1.69. The molecule has 1 saturated heterocycles. The monoisotopic (exact) mass is 391 g/mol. The van der Waals surface area contributed by atoms with Crippen LogP contribution in [0, 0.1) is 19.8 Å². The molecule has 2 aromatic rings. The fourth-order valence-electron chi connectivity index (χ4n) is 3.32. The first-order chi connectivity index (χ1) is 12.3. The van der Waals surface area contributed by atoms with Crippen LogP contribution in [0.25, 0.3) is 0 Å². The lowest BCUT2D eigenvalue weighted by Crippen LogP contribution is -2.40. The van der Waals surface area contributed by atoms with Gasteiger partial charge in [0, 0.05) is 29.6 Å². The number of nitrogens with zero attached hydrogens (tertiary/aromatic N) is 1. The number of hydrogen-bond donors (Lipinski definition) is 0. The Bertz CT molecular complexity index is 915. The summed E-state index contributed by atoms with van der Waals surface area (Å²) in [5, 5.41) is 0.440. The fourth-order valence-corrected chi connectivity index (χ4v) is 5.27. The number of ketones is 1. The van der Waals surface area contributed by atoms with Crippen LogP contribution in [0.2, 0.25) is 5.02 Å². The number of benzene rings is 2. The summed E-state index contributed by atoms with van der Waals surface area (Å²) in [5.41, 5.74) is 2.37. The van der Waals surface area contributed by atoms with Crippen molar-refractivity contribution in [1.29, 1.82) is 0 Å². The van der Waals surface area contributed by atoms with E-state index in [1.54, 1.807) is 25.1 Å². The van der Waals surface area contributed by atoms with E-state index in [4.69, 9.17) is 11.6 Å². The Kier molecular flexibility index (Phi) is 5.51. The van der Waals surface area contributed by atoms with Crippen molar-refractivity contribution in [2.24, 2.45) is 5.92 Å². The SMILES string of the molecule is Cc1ccc(C(=O)C2CCN(S(=O)(=O)c3cccc(Cl)c3C)CC2)cc1. The molecule has 0 bridgehead atoms. The zero-order chi connectivity index (χ0) is 18.9. The third-order valence-corrected chi connectivity index (χ3v) is 7.45. The summed E-state index contributed by atoms with van der Waals surface area (Å²) in [4.78, 5) is 12.9. The first-order valence-electron chi connectivity index (χ1n) is 8.67. The molecular weight excluding hydrogens is 370 g/mol. The van der Waals surface area contributed by atoms with Gasteiger partial charge in [-0.3, -0.25) is 4.79 Å². The molecule has 0 atom stereocenters. The van der Waals surface area contributed by atoms with E-state index in [1.807, 2.05) is 31.2 Å². The topological polar surface area (TPSA) is 54.5 Å². The van der Waals surface area contributed by atoms with Crippen molar-refractivity contribution in [2.75, 3.05) is 13.1 Å². The second-order valence-electron chi connectivity index (χ2n) is 6.77. The van der Waals surface area contributed by atoms with E-state index in [0.717, 1.165) is 5.56 Å². The van der Waals surface area contributed by atoms with Gasteiger partial charge in [0.05, 0.1) is 4.90 Å². The summed E-state index contributed by atoms with van der Waals surface area (Å²) in [6.45, 7) is 4.38. The normalized spacial score (nSPS) is 16.6. The Morgan fingerprint density at radius 1 is 1.04 bits per heavy atom. The molecule has 0 radical (unpaired) electrons. The third-order valence-electron chi connectivity index (χ3n) is 5.00. The van der Waals surface area contributed by atoms with E-state index in [-0.39, 0.29) is 16.6 Å². The molecule has 0 saturated carbocycles. The van der Waals surface area contributed by atoms with Crippen LogP contribution in [-0.4, -0.2) is 31.6 Å². The van der Waals surface area contributed by atoms with Gasteiger partial charge in [-0.2, -0.15) is 4.31 Å². The molecule has 26 heavy (non-hydrogen) atoms. The number of piperidine rings is 1. The average Bonchev–Trinajstić information content (AvgIpc) is 2.64. The molecule has 1 fully saturated rings. The van der Waals surface area contributed by atoms with Gasteiger partial charge in [-0.1, -0.05) is 47.5 Å². The first kappa shape index (κ1) is 19.1. The molecule has 3 rings (SSSR count). The van der Waals surface area contributed by atoms with E-state index >= 15 is 0 Å². The molecule has 6 heteroatoms. The summed E-state index contributed by atoms with van der Waals surface area (Å²) in [5.74, 6) is -0.0365. The number of carbonyl (C=O) groups excluding carboxylic acids is 1. The van der Waals surface area contributed by atoms with Crippen LogP contribution >= 0.6 is 11.6 Å². The second kappa shape index (κ2) is 7.51. The molecule has 0 spiro atoms. The maximum absolute atomic E-state index is 12.9.